The number of phenols is 1. The molecular formula is C51H61N3O9. The minimum Gasteiger partial charge on any atom is -0.508 e. The van der Waals surface area contributed by atoms with Crippen LogP contribution in [0.2, 0.25) is 0 Å². The van der Waals surface area contributed by atoms with Gasteiger partial charge in [-0.1, -0.05) is 85.8 Å². The monoisotopic (exact) mass is 859 g/mol. The van der Waals surface area contributed by atoms with Crippen molar-refractivity contribution in [3.8, 4) is 39.9 Å². The lowest BCUT2D eigenvalue weighted by molar-refractivity contribution is 0.0834. The highest BCUT2D eigenvalue weighted by molar-refractivity contribution is 6.04. The van der Waals surface area contributed by atoms with Crippen molar-refractivity contribution < 1.29 is 44.2 Å². The number of H-pyrrole nitrogens is 1. The summed E-state index contributed by atoms with van der Waals surface area (Å²) in [6, 6.07) is 27.1. The number of carbonyl (C=O) groups is 1. The largest absolute Gasteiger partial charge is 0.508 e. The van der Waals surface area contributed by atoms with Crippen LogP contribution in [0.1, 0.15) is 77.0 Å². The number of methoxy groups -OCH3 is 1. The average Bonchev–Trinajstić information content (AvgIpc) is 3.76. The first-order valence-electron chi connectivity index (χ1n) is 22.2. The number of Topliss-reactive ketones (excluding diaryl/α,β-unsaturated/α-hetero) is 1. The Hall–Kier alpha value is -5.79. The normalized spacial score (nSPS) is 16.1. The molecule has 0 aliphatic carbocycles. The Morgan fingerprint density at radius 3 is 2.44 bits per heavy atom. The highest BCUT2D eigenvalue weighted by Gasteiger charge is 2.38. The topological polar surface area (TPSA) is 166 Å². The predicted octanol–water partition coefficient (Wildman–Crippen LogP) is 7.46. The molecule has 2 aliphatic rings. The van der Waals surface area contributed by atoms with E-state index >= 15 is 0 Å². The Kier molecular flexibility index (Phi) is 15.8. The number of aliphatic hydroxyl groups excluding tert-OH is 3. The van der Waals surface area contributed by atoms with Crippen LogP contribution in [0.3, 0.4) is 0 Å². The number of aromatic nitrogens is 1. The van der Waals surface area contributed by atoms with Gasteiger partial charge >= 0.3 is 0 Å². The maximum atomic E-state index is 14.5. The summed E-state index contributed by atoms with van der Waals surface area (Å²) >= 11 is 0. The second kappa shape index (κ2) is 22.0. The van der Waals surface area contributed by atoms with Gasteiger partial charge in [0.05, 0.1) is 32.8 Å². The summed E-state index contributed by atoms with van der Waals surface area (Å²) in [5, 5.41) is 44.3. The minimum absolute atomic E-state index is 0.0127. The van der Waals surface area contributed by atoms with Crippen molar-refractivity contribution in [3.63, 3.8) is 0 Å². The number of hydrogen-bond donors (Lipinski definition) is 6. The summed E-state index contributed by atoms with van der Waals surface area (Å²) in [5.74, 6) is 1.79. The van der Waals surface area contributed by atoms with Crippen molar-refractivity contribution in [2.45, 2.75) is 64.1 Å². The maximum Gasteiger partial charge on any atom is 0.204 e. The molecule has 1 unspecified atom stereocenters. The number of phenolic OH excluding ortho intramolecular Hbond substituents is 1. The van der Waals surface area contributed by atoms with E-state index in [0.29, 0.717) is 42.7 Å². The predicted molar refractivity (Wildman–Crippen MR) is 246 cm³/mol. The molecule has 12 heteroatoms. The summed E-state index contributed by atoms with van der Waals surface area (Å²) < 4.78 is 26.1. The van der Waals surface area contributed by atoms with Gasteiger partial charge in [0.15, 0.2) is 17.3 Å². The third-order valence-electron chi connectivity index (χ3n) is 11.8. The molecule has 3 atom stereocenters. The first kappa shape index (κ1) is 45.2. The Morgan fingerprint density at radius 2 is 1.71 bits per heavy atom. The molecule has 2 aliphatic heterocycles. The van der Waals surface area contributed by atoms with E-state index in [0.717, 1.165) is 66.2 Å². The van der Waals surface area contributed by atoms with Gasteiger partial charge in [-0.05, 0) is 72.6 Å². The molecule has 1 aromatic heterocycles. The van der Waals surface area contributed by atoms with Crippen molar-refractivity contribution in [1.29, 1.82) is 0 Å². The van der Waals surface area contributed by atoms with E-state index in [2.05, 4.69) is 52.5 Å². The number of ketones is 1. The number of carbonyl (C=O) groups excluding carboxylic acids is 1. The number of nitrogens with zero attached hydrogens (tertiary/aromatic N) is 1. The van der Waals surface area contributed by atoms with Crippen LogP contribution >= 0.6 is 0 Å². The zero-order valence-electron chi connectivity index (χ0n) is 36.4. The molecule has 1 fully saturated rings. The number of ether oxygens (including phenoxy) is 4. The summed E-state index contributed by atoms with van der Waals surface area (Å²) in [5.41, 5.74) is 7.05. The SMILES string of the molecule is CCc1cc(-c2cccc(CCc3c(OC[C@H](CO)CCCO)c(OC)c(OCC[C@@H](O)/C=C/c4ccccc4)c4c3OC(c3ccc(O)cc3)CC4=O)c2)c(N2CCNCC2)[nH]1. The zero-order chi connectivity index (χ0) is 44.1. The van der Waals surface area contributed by atoms with Gasteiger partial charge in [-0.2, -0.15) is 0 Å². The average molecular weight is 860 g/mol. The molecule has 0 amide bonds. The van der Waals surface area contributed by atoms with E-state index in [1.54, 1.807) is 30.3 Å². The molecule has 6 N–H and O–H groups in total. The highest BCUT2D eigenvalue weighted by Crippen LogP contribution is 2.53. The van der Waals surface area contributed by atoms with E-state index in [9.17, 15) is 25.2 Å². The molecule has 0 saturated carbocycles. The van der Waals surface area contributed by atoms with Crippen LogP contribution in [-0.2, 0) is 19.3 Å². The van der Waals surface area contributed by atoms with Crippen LogP contribution < -0.4 is 29.2 Å². The Bertz CT molecular complexity index is 2290. The first-order chi connectivity index (χ1) is 30.8. The van der Waals surface area contributed by atoms with E-state index < -0.39 is 12.2 Å². The number of aryl methyl sites for hydroxylation is 2. The summed E-state index contributed by atoms with van der Waals surface area (Å²) in [6.45, 7) is 5.82. The fourth-order valence-corrected chi connectivity index (χ4v) is 8.31. The van der Waals surface area contributed by atoms with Gasteiger partial charge in [0.2, 0.25) is 5.75 Å². The maximum absolute atomic E-state index is 14.5. The van der Waals surface area contributed by atoms with Crippen LogP contribution in [0.4, 0.5) is 5.82 Å². The molecular weight excluding hydrogens is 799 g/mol. The van der Waals surface area contributed by atoms with Crippen molar-refractivity contribution >= 4 is 17.7 Å². The van der Waals surface area contributed by atoms with Crippen LogP contribution in [0.25, 0.3) is 17.2 Å². The Labute approximate surface area is 370 Å². The smallest absolute Gasteiger partial charge is 0.204 e. The molecule has 0 spiro atoms. The lowest BCUT2D eigenvalue weighted by Gasteiger charge is -2.31. The fourth-order valence-electron chi connectivity index (χ4n) is 8.31. The second-order valence-corrected chi connectivity index (χ2v) is 16.2. The van der Waals surface area contributed by atoms with Crippen molar-refractivity contribution in [2.24, 2.45) is 5.92 Å². The molecule has 334 valence electrons. The van der Waals surface area contributed by atoms with Crippen LogP contribution in [0, 0.1) is 5.92 Å². The Balaban J connectivity index is 1.27. The number of nitrogens with one attached hydrogen (secondary N) is 2. The van der Waals surface area contributed by atoms with Crippen molar-refractivity contribution in [1.82, 2.24) is 10.3 Å². The van der Waals surface area contributed by atoms with E-state index in [4.69, 9.17) is 18.9 Å². The molecule has 7 rings (SSSR count). The highest BCUT2D eigenvalue weighted by atomic mass is 16.5. The van der Waals surface area contributed by atoms with Crippen LogP contribution in [0.5, 0.6) is 28.7 Å². The number of benzene rings is 4. The number of aromatic hydroxyl groups is 1. The summed E-state index contributed by atoms with van der Waals surface area (Å²) in [4.78, 5) is 20.6. The van der Waals surface area contributed by atoms with Gasteiger partial charge < -0.3 is 54.6 Å². The van der Waals surface area contributed by atoms with Gasteiger partial charge in [-0.3, -0.25) is 4.79 Å². The lowest BCUT2D eigenvalue weighted by atomic mass is 9.90. The molecule has 12 nitrogen and oxygen atoms in total. The summed E-state index contributed by atoms with van der Waals surface area (Å²) in [6.07, 6.45) is 5.20. The first-order valence-corrected chi connectivity index (χ1v) is 22.2. The molecule has 1 saturated heterocycles. The molecule has 4 aromatic carbocycles. The van der Waals surface area contributed by atoms with Gasteiger partial charge in [0.25, 0.3) is 0 Å². The number of hydrogen-bond acceptors (Lipinski definition) is 11. The zero-order valence-corrected chi connectivity index (χ0v) is 36.4. The van der Waals surface area contributed by atoms with Gasteiger partial charge in [0.1, 0.15) is 29.0 Å². The molecule has 5 aromatic rings. The van der Waals surface area contributed by atoms with E-state index in [1.807, 2.05) is 36.4 Å². The fraction of sp³-hybridized carbons (Fsp3) is 0.392. The van der Waals surface area contributed by atoms with E-state index in [-0.39, 0.29) is 73.8 Å². The number of aliphatic hydroxyl groups is 3. The number of anilines is 1. The molecule has 63 heavy (non-hydrogen) atoms. The third-order valence-corrected chi connectivity index (χ3v) is 11.8. The number of fused-ring (bicyclic) bond motifs is 1. The van der Waals surface area contributed by atoms with Crippen molar-refractivity contribution in [3.05, 3.63) is 125 Å². The van der Waals surface area contributed by atoms with Gasteiger partial charge in [0, 0.05) is 68.6 Å². The van der Waals surface area contributed by atoms with Gasteiger partial charge in [-0.15, -0.1) is 0 Å². The Morgan fingerprint density at radius 1 is 0.921 bits per heavy atom. The number of piperazine rings is 1. The van der Waals surface area contributed by atoms with E-state index in [1.165, 1.54) is 12.8 Å². The minimum atomic E-state index is -0.826. The lowest BCUT2D eigenvalue weighted by Crippen LogP contribution is -2.43. The van der Waals surface area contributed by atoms with Gasteiger partial charge in [-0.25, -0.2) is 0 Å². The quantitative estimate of drug-likeness (QED) is 0.0434. The second-order valence-electron chi connectivity index (χ2n) is 16.2. The molecule has 3 heterocycles. The number of aromatic amines is 1. The standard InChI is InChI=1S/C51H61N3O9/c1-3-39-30-43(51(53-39)54-25-23-52-24-26-54)38-13-7-11-35(29-38)15-21-42-47-46(44(59)31-45(63-47)37-16-19-40(57)20-17-37)49(50(60-2)48(42)62-33-36(32-56)12-8-27-55)61-28-22-41(58)18-14-34-9-5-4-6-10-34/h4-7,9-11,13-14,16-20,29-30,36,41,45,52-53,55-58H,3,8,12,15,21-28,31-33H2,1-2H3/b18-14+/t36-,41-,45?/m0/s1. The van der Waals surface area contributed by atoms with Crippen molar-refractivity contribution in [2.75, 3.05) is 64.6 Å². The third kappa shape index (κ3) is 11.2. The van der Waals surface area contributed by atoms with Crippen LogP contribution in [-0.4, -0.2) is 97.0 Å². The summed E-state index contributed by atoms with van der Waals surface area (Å²) in [7, 11) is 1.51. The van der Waals surface area contributed by atoms with Crippen LogP contribution in [0.15, 0.2) is 91.0 Å². The number of rotatable bonds is 21. The molecule has 0 bridgehead atoms. The molecule has 0 radical (unpaired) electrons.